The van der Waals surface area contributed by atoms with Crippen LogP contribution in [0.3, 0.4) is 0 Å². The van der Waals surface area contributed by atoms with E-state index in [0.29, 0.717) is 24.5 Å². The first-order chi connectivity index (χ1) is 13.4. The number of benzene rings is 1. The Labute approximate surface area is 168 Å². The molecule has 2 heterocycles. The number of hydrogen-bond donors (Lipinski definition) is 2. The van der Waals surface area contributed by atoms with Gasteiger partial charge in [0.1, 0.15) is 0 Å². The van der Waals surface area contributed by atoms with E-state index >= 15 is 0 Å². The molecular formula is C19H23N3O4S2. The number of carbonyl (C=O) groups is 2. The van der Waals surface area contributed by atoms with Crippen LogP contribution in [0.2, 0.25) is 0 Å². The molecule has 1 aromatic carbocycles. The monoisotopic (exact) mass is 421 g/mol. The van der Waals surface area contributed by atoms with E-state index in [1.807, 2.05) is 5.38 Å². The first-order valence-corrected chi connectivity index (χ1v) is 11.6. The van der Waals surface area contributed by atoms with Crippen LogP contribution in [0.4, 0.5) is 11.4 Å². The molecule has 0 aliphatic carbocycles. The molecule has 0 saturated heterocycles. The summed E-state index contributed by atoms with van der Waals surface area (Å²) in [5.74, 6) is -0.274. The Kier molecular flexibility index (Phi) is 6.35. The number of carbonyl (C=O) groups excluding carboxylic acids is 2. The van der Waals surface area contributed by atoms with E-state index in [1.54, 1.807) is 47.4 Å². The number of hydrogen-bond acceptors (Lipinski definition) is 5. The molecule has 7 nitrogen and oxygen atoms in total. The topological polar surface area (TPSA) is 95.6 Å². The lowest BCUT2D eigenvalue weighted by Gasteiger charge is -2.27. The molecule has 0 spiro atoms. The molecule has 0 fully saturated rings. The van der Waals surface area contributed by atoms with Gasteiger partial charge in [0.05, 0.1) is 5.75 Å². The van der Waals surface area contributed by atoms with Crippen molar-refractivity contribution >= 4 is 44.5 Å². The van der Waals surface area contributed by atoms with Crippen LogP contribution in [0.1, 0.15) is 30.2 Å². The maximum absolute atomic E-state index is 12.4. The van der Waals surface area contributed by atoms with Gasteiger partial charge >= 0.3 is 0 Å². The highest BCUT2D eigenvalue weighted by Crippen LogP contribution is 2.24. The van der Waals surface area contributed by atoms with Crippen molar-refractivity contribution in [3.8, 4) is 0 Å². The summed E-state index contributed by atoms with van der Waals surface area (Å²) in [4.78, 5) is 27.6. The van der Waals surface area contributed by atoms with E-state index in [1.165, 1.54) is 10.4 Å². The zero-order valence-corrected chi connectivity index (χ0v) is 17.2. The van der Waals surface area contributed by atoms with Crippen LogP contribution in [0.15, 0.2) is 35.7 Å². The highest BCUT2D eigenvalue weighted by Gasteiger charge is 2.21. The van der Waals surface area contributed by atoms with E-state index < -0.39 is 10.0 Å². The van der Waals surface area contributed by atoms with E-state index in [9.17, 15) is 18.0 Å². The third-order valence-corrected chi connectivity index (χ3v) is 6.88. The normalized spacial score (nSPS) is 13.7. The summed E-state index contributed by atoms with van der Waals surface area (Å²) in [7, 11) is -3.33. The molecule has 9 heteroatoms. The molecule has 0 atom stereocenters. The van der Waals surface area contributed by atoms with Crippen LogP contribution < -0.4 is 10.0 Å². The van der Waals surface area contributed by atoms with Crippen molar-refractivity contribution in [3.05, 3.63) is 46.2 Å². The van der Waals surface area contributed by atoms with Crippen molar-refractivity contribution in [2.24, 2.45) is 0 Å². The van der Waals surface area contributed by atoms with Crippen LogP contribution in [-0.2, 0) is 32.6 Å². The average Bonchev–Trinajstić information content (AvgIpc) is 3.15. The molecule has 1 aliphatic rings. The summed E-state index contributed by atoms with van der Waals surface area (Å²) >= 11 is 1.72. The fourth-order valence-corrected chi connectivity index (χ4v) is 4.47. The molecule has 1 aliphatic heterocycles. The van der Waals surface area contributed by atoms with Crippen molar-refractivity contribution in [2.45, 2.75) is 32.7 Å². The molecule has 3 rings (SSSR count). The van der Waals surface area contributed by atoms with Gasteiger partial charge in [-0.2, -0.15) is 0 Å². The van der Waals surface area contributed by atoms with Gasteiger partial charge in [-0.05, 0) is 54.6 Å². The van der Waals surface area contributed by atoms with Crippen LogP contribution >= 0.6 is 11.3 Å². The molecule has 2 amide bonds. The van der Waals surface area contributed by atoms with Crippen molar-refractivity contribution in [3.63, 3.8) is 0 Å². The van der Waals surface area contributed by atoms with E-state index in [2.05, 4.69) is 16.1 Å². The Morgan fingerprint density at radius 2 is 1.82 bits per heavy atom. The Morgan fingerprint density at radius 3 is 2.54 bits per heavy atom. The number of rotatable bonds is 7. The highest BCUT2D eigenvalue weighted by atomic mass is 32.2. The minimum atomic E-state index is -3.33. The molecule has 2 aromatic rings. The van der Waals surface area contributed by atoms with Gasteiger partial charge in [-0.15, -0.1) is 11.3 Å². The summed E-state index contributed by atoms with van der Waals surface area (Å²) in [5.41, 5.74) is 2.19. The highest BCUT2D eigenvalue weighted by molar-refractivity contribution is 7.92. The molecule has 0 bridgehead atoms. The molecule has 0 saturated carbocycles. The molecule has 28 heavy (non-hydrogen) atoms. The molecule has 0 unspecified atom stereocenters. The standard InChI is InChI=1S/C19H23N3O4S2/c1-2-28(25,26)21-16-5-3-15(4-6-16)20-18(23)7-8-19(24)22-11-9-17-14(13-22)10-12-27-17/h3-6,10,12,21H,2,7-9,11,13H2,1H3,(H,20,23). The van der Waals surface area contributed by atoms with E-state index in [-0.39, 0.29) is 30.4 Å². The minimum absolute atomic E-state index is 0.00967. The predicted molar refractivity (Wildman–Crippen MR) is 111 cm³/mol. The van der Waals surface area contributed by atoms with Crippen LogP contribution in [0.25, 0.3) is 0 Å². The van der Waals surface area contributed by atoms with Gasteiger partial charge in [-0.25, -0.2) is 8.42 Å². The number of fused-ring (bicyclic) bond motifs is 1. The second-order valence-corrected chi connectivity index (χ2v) is 9.58. The summed E-state index contributed by atoms with van der Waals surface area (Å²) in [5, 5.41) is 4.78. The van der Waals surface area contributed by atoms with Crippen LogP contribution in [0, 0.1) is 0 Å². The van der Waals surface area contributed by atoms with Gasteiger partial charge in [-0.3, -0.25) is 14.3 Å². The molecular weight excluding hydrogens is 398 g/mol. The lowest BCUT2D eigenvalue weighted by atomic mass is 10.1. The third-order valence-electron chi connectivity index (χ3n) is 4.55. The van der Waals surface area contributed by atoms with Gasteiger partial charge < -0.3 is 10.2 Å². The second kappa shape index (κ2) is 8.74. The lowest BCUT2D eigenvalue weighted by Crippen LogP contribution is -2.35. The number of nitrogens with zero attached hydrogens (tertiary/aromatic N) is 1. The Morgan fingerprint density at radius 1 is 1.11 bits per heavy atom. The van der Waals surface area contributed by atoms with Gasteiger partial charge in [0.25, 0.3) is 0 Å². The predicted octanol–water partition coefficient (Wildman–Crippen LogP) is 2.81. The van der Waals surface area contributed by atoms with Gasteiger partial charge in [0.15, 0.2) is 0 Å². The zero-order valence-electron chi connectivity index (χ0n) is 15.6. The number of thiophene rings is 1. The minimum Gasteiger partial charge on any atom is -0.338 e. The van der Waals surface area contributed by atoms with Crippen molar-refractivity contribution in [1.29, 1.82) is 0 Å². The Hall–Kier alpha value is -2.39. The second-order valence-electron chi connectivity index (χ2n) is 6.57. The van der Waals surface area contributed by atoms with Crippen LogP contribution in [0.5, 0.6) is 0 Å². The van der Waals surface area contributed by atoms with Crippen LogP contribution in [-0.4, -0.2) is 37.4 Å². The third kappa shape index (κ3) is 5.32. The lowest BCUT2D eigenvalue weighted by molar-refractivity contribution is -0.133. The first kappa shape index (κ1) is 20.3. The number of sulfonamides is 1. The van der Waals surface area contributed by atoms with Crippen molar-refractivity contribution in [1.82, 2.24) is 4.90 Å². The maximum atomic E-state index is 12.4. The smallest absolute Gasteiger partial charge is 0.232 e. The Bertz CT molecular complexity index is 952. The Balaban J connectivity index is 1.46. The quantitative estimate of drug-likeness (QED) is 0.719. The number of nitrogens with one attached hydrogen (secondary N) is 2. The fourth-order valence-electron chi connectivity index (χ4n) is 2.94. The van der Waals surface area contributed by atoms with Gasteiger partial charge in [0.2, 0.25) is 21.8 Å². The van der Waals surface area contributed by atoms with Gasteiger partial charge in [-0.1, -0.05) is 0 Å². The summed E-state index contributed by atoms with van der Waals surface area (Å²) in [6.45, 7) is 2.87. The summed E-state index contributed by atoms with van der Waals surface area (Å²) in [6, 6.07) is 8.46. The maximum Gasteiger partial charge on any atom is 0.232 e. The fraction of sp³-hybridized carbons (Fsp3) is 0.368. The molecule has 0 radical (unpaired) electrons. The number of amides is 2. The summed E-state index contributed by atoms with van der Waals surface area (Å²) in [6.07, 6.45) is 1.15. The zero-order chi connectivity index (χ0) is 20.1. The molecule has 2 N–H and O–H groups in total. The van der Waals surface area contributed by atoms with E-state index in [4.69, 9.17) is 0 Å². The van der Waals surface area contributed by atoms with Crippen molar-refractivity contribution < 1.29 is 18.0 Å². The van der Waals surface area contributed by atoms with Gasteiger partial charge in [0, 0.05) is 42.2 Å². The summed E-state index contributed by atoms with van der Waals surface area (Å²) < 4.78 is 25.5. The average molecular weight is 422 g/mol. The first-order valence-electron chi connectivity index (χ1n) is 9.09. The molecule has 150 valence electrons. The SMILES string of the molecule is CCS(=O)(=O)Nc1ccc(NC(=O)CCC(=O)N2CCc3sccc3C2)cc1. The van der Waals surface area contributed by atoms with Crippen molar-refractivity contribution in [2.75, 3.05) is 22.3 Å². The largest absolute Gasteiger partial charge is 0.338 e. The number of anilines is 2. The van der Waals surface area contributed by atoms with E-state index in [0.717, 1.165) is 6.42 Å². The molecule has 1 aromatic heterocycles.